The molecule has 1 saturated heterocycles. The van der Waals surface area contributed by atoms with Crippen LogP contribution < -0.4 is 0 Å². The topological polar surface area (TPSA) is 55.8 Å². The number of nitrogens with zero attached hydrogens (tertiary/aromatic N) is 1. The first-order valence-corrected chi connectivity index (χ1v) is 6.75. The molecule has 1 fully saturated rings. The molecule has 0 saturated carbocycles. The first-order chi connectivity index (χ1) is 8.67. The van der Waals surface area contributed by atoms with E-state index in [4.69, 9.17) is 9.47 Å². The van der Waals surface area contributed by atoms with Gasteiger partial charge < -0.3 is 9.47 Å². The molecule has 0 aromatic rings. The number of carbonyl (C=O) groups is 2. The predicted molar refractivity (Wildman–Crippen MR) is 71.7 cm³/mol. The van der Waals surface area contributed by atoms with Crippen LogP contribution >= 0.6 is 0 Å². The summed E-state index contributed by atoms with van der Waals surface area (Å²) >= 11 is 0. The fourth-order valence-electron chi connectivity index (χ4n) is 2.46. The Morgan fingerprint density at radius 3 is 2.26 bits per heavy atom. The van der Waals surface area contributed by atoms with E-state index in [1.807, 2.05) is 20.8 Å². The fraction of sp³-hybridized carbons (Fsp3) is 0.857. The van der Waals surface area contributed by atoms with Crippen LogP contribution in [0.15, 0.2) is 0 Å². The molecule has 5 nitrogen and oxygen atoms in total. The van der Waals surface area contributed by atoms with Gasteiger partial charge in [-0.05, 0) is 39.0 Å². The van der Waals surface area contributed by atoms with Crippen LogP contribution in [-0.4, -0.2) is 42.3 Å². The van der Waals surface area contributed by atoms with Gasteiger partial charge in [-0.1, -0.05) is 13.8 Å². The first kappa shape index (κ1) is 15.8. The molecule has 0 aromatic carbocycles. The number of methoxy groups -OCH3 is 1. The van der Waals surface area contributed by atoms with Gasteiger partial charge in [-0.15, -0.1) is 0 Å². The minimum atomic E-state index is -0.562. The van der Waals surface area contributed by atoms with Crippen molar-refractivity contribution >= 4 is 12.1 Å². The molecule has 1 aliphatic rings. The van der Waals surface area contributed by atoms with Crippen molar-refractivity contribution in [1.82, 2.24) is 4.90 Å². The van der Waals surface area contributed by atoms with Crippen LogP contribution in [0.5, 0.6) is 0 Å². The molecule has 0 N–H and O–H groups in total. The van der Waals surface area contributed by atoms with Gasteiger partial charge >= 0.3 is 12.1 Å². The molecule has 0 aromatic heterocycles. The lowest BCUT2D eigenvalue weighted by molar-refractivity contribution is -0.147. The zero-order chi connectivity index (χ0) is 14.8. The fourth-order valence-corrected chi connectivity index (χ4v) is 2.46. The summed E-state index contributed by atoms with van der Waals surface area (Å²) in [5.41, 5.74) is -0.562. The van der Waals surface area contributed by atoms with Crippen molar-refractivity contribution in [2.45, 2.75) is 52.7 Å². The van der Waals surface area contributed by atoms with Crippen LogP contribution in [-0.2, 0) is 14.3 Å². The van der Waals surface area contributed by atoms with Crippen molar-refractivity contribution in [2.75, 3.05) is 13.7 Å². The van der Waals surface area contributed by atoms with E-state index in [2.05, 4.69) is 13.8 Å². The van der Waals surface area contributed by atoms with Crippen LogP contribution in [0.25, 0.3) is 0 Å². The molecule has 1 amide bonds. The van der Waals surface area contributed by atoms with Gasteiger partial charge in [0.25, 0.3) is 0 Å². The van der Waals surface area contributed by atoms with Crippen molar-refractivity contribution in [3.05, 3.63) is 0 Å². The number of amides is 1. The molecule has 5 heteroatoms. The molecule has 0 unspecified atom stereocenters. The Bertz CT molecular complexity index is 346. The molecule has 1 aliphatic heterocycles. The minimum absolute atomic E-state index is 0.125. The largest absolute Gasteiger partial charge is 0.467 e. The maximum atomic E-state index is 12.2. The van der Waals surface area contributed by atoms with Crippen molar-refractivity contribution in [2.24, 2.45) is 11.8 Å². The Morgan fingerprint density at radius 1 is 1.26 bits per heavy atom. The van der Waals surface area contributed by atoms with Crippen LogP contribution in [0.1, 0.15) is 41.0 Å². The monoisotopic (exact) mass is 271 g/mol. The number of ether oxygens (including phenoxy) is 2. The van der Waals surface area contributed by atoms with E-state index in [-0.39, 0.29) is 11.9 Å². The summed E-state index contributed by atoms with van der Waals surface area (Å²) in [6, 6.07) is -0.528. The lowest BCUT2D eigenvalue weighted by Crippen LogP contribution is -2.46. The highest BCUT2D eigenvalue weighted by Crippen LogP contribution is 2.32. The summed E-state index contributed by atoms with van der Waals surface area (Å²) in [6.45, 7) is 10.1. The minimum Gasteiger partial charge on any atom is -0.467 e. The Morgan fingerprint density at radius 2 is 1.84 bits per heavy atom. The number of esters is 1. The molecule has 110 valence electrons. The molecule has 1 rings (SSSR count). The lowest BCUT2D eigenvalue weighted by atomic mass is 9.89. The van der Waals surface area contributed by atoms with E-state index in [1.54, 1.807) is 0 Å². The highest BCUT2D eigenvalue weighted by molar-refractivity contribution is 5.82. The van der Waals surface area contributed by atoms with Crippen molar-refractivity contribution in [1.29, 1.82) is 0 Å². The molecule has 0 radical (unpaired) electrons. The summed E-state index contributed by atoms with van der Waals surface area (Å²) in [5, 5.41) is 0. The molecule has 2 atom stereocenters. The van der Waals surface area contributed by atoms with Gasteiger partial charge in [-0.25, -0.2) is 9.59 Å². The second-order valence-corrected chi connectivity index (χ2v) is 6.34. The van der Waals surface area contributed by atoms with E-state index in [0.717, 1.165) is 6.42 Å². The van der Waals surface area contributed by atoms with Crippen LogP contribution in [0, 0.1) is 11.8 Å². The normalized spacial score (nSPS) is 23.6. The molecule has 0 spiro atoms. The molecule has 19 heavy (non-hydrogen) atoms. The third-order valence-corrected chi connectivity index (χ3v) is 3.37. The highest BCUT2D eigenvalue weighted by Gasteiger charge is 2.45. The maximum Gasteiger partial charge on any atom is 0.411 e. The number of hydrogen-bond donors (Lipinski definition) is 0. The zero-order valence-corrected chi connectivity index (χ0v) is 12.7. The standard InChI is InChI=1S/C14H25NO4/c1-9(2)10-7-8-15(11(10)12(16)18-6)13(17)19-14(3,4)5/h9-11H,7-8H2,1-6H3/t10-,11-/m0/s1. The van der Waals surface area contributed by atoms with Gasteiger partial charge in [0, 0.05) is 6.54 Å². The number of hydrogen-bond acceptors (Lipinski definition) is 4. The summed E-state index contributed by atoms with van der Waals surface area (Å²) in [6.07, 6.45) is 0.363. The summed E-state index contributed by atoms with van der Waals surface area (Å²) < 4.78 is 10.2. The third-order valence-electron chi connectivity index (χ3n) is 3.37. The van der Waals surface area contributed by atoms with Gasteiger partial charge in [0.05, 0.1) is 7.11 Å². The second kappa shape index (κ2) is 5.80. The van der Waals surface area contributed by atoms with E-state index in [0.29, 0.717) is 12.5 Å². The van der Waals surface area contributed by atoms with Crippen molar-refractivity contribution < 1.29 is 19.1 Å². The SMILES string of the molecule is COC(=O)[C@@H]1[C@H](C(C)C)CCN1C(=O)OC(C)(C)C. The van der Waals surface area contributed by atoms with Crippen molar-refractivity contribution in [3.8, 4) is 0 Å². The van der Waals surface area contributed by atoms with Gasteiger partial charge in [-0.2, -0.15) is 0 Å². The van der Waals surface area contributed by atoms with E-state index < -0.39 is 17.7 Å². The average molecular weight is 271 g/mol. The average Bonchev–Trinajstić information content (AvgIpc) is 2.70. The van der Waals surface area contributed by atoms with Gasteiger partial charge in [0.15, 0.2) is 0 Å². The van der Waals surface area contributed by atoms with Crippen molar-refractivity contribution in [3.63, 3.8) is 0 Å². The Balaban J connectivity index is 2.88. The Hall–Kier alpha value is -1.26. The smallest absolute Gasteiger partial charge is 0.411 e. The predicted octanol–water partition coefficient (Wildman–Crippen LogP) is 2.44. The Labute approximate surface area is 115 Å². The van der Waals surface area contributed by atoms with Gasteiger partial charge in [-0.3, -0.25) is 4.90 Å². The lowest BCUT2D eigenvalue weighted by Gasteiger charge is -2.30. The van der Waals surface area contributed by atoms with Crippen LogP contribution in [0.4, 0.5) is 4.79 Å². The molecule has 0 aliphatic carbocycles. The Kier molecular flexibility index (Phi) is 4.82. The number of carbonyl (C=O) groups excluding carboxylic acids is 2. The molecular formula is C14H25NO4. The summed E-state index contributed by atoms with van der Waals surface area (Å²) in [5.74, 6) is 0.0820. The van der Waals surface area contributed by atoms with E-state index in [9.17, 15) is 9.59 Å². The van der Waals surface area contributed by atoms with Crippen LogP contribution in [0.2, 0.25) is 0 Å². The second-order valence-electron chi connectivity index (χ2n) is 6.34. The van der Waals surface area contributed by atoms with E-state index in [1.165, 1.54) is 12.0 Å². The van der Waals surface area contributed by atoms with Gasteiger partial charge in [0.2, 0.25) is 0 Å². The summed E-state index contributed by atoms with van der Waals surface area (Å²) in [7, 11) is 1.35. The highest BCUT2D eigenvalue weighted by atomic mass is 16.6. The molecular weight excluding hydrogens is 246 g/mol. The van der Waals surface area contributed by atoms with E-state index >= 15 is 0 Å². The van der Waals surface area contributed by atoms with Crippen LogP contribution in [0.3, 0.4) is 0 Å². The number of likely N-dealkylation sites (tertiary alicyclic amines) is 1. The molecule has 1 heterocycles. The third kappa shape index (κ3) is 3.85. The summed E-state index contributed by atoms with van der Waals surface area (Å²) in [4.78, 5) is 25.6. The number of rotatable bonds is 2. The first-order valence-electron chi connectivity index (χ1n) is 6.75. The quantitative estimate of drug-likeness (QED) is 0.724. The van der Waals surface area contributed by atoms with Gasteiger partial charge in [0.1, 0.15) is 11.6 Å². The zero-order valence-electron chi connectivity index (χ0n) is 12.7. The molecule has 0 bridgehead atoms. The maximum absolute atomic E-state index is 12.2.